The fourth-order valence-corrected chi connectivity index (χ4v) is 3.61. The molecular weight excluding hydrogens is 373 g/mol. The lowest BCUT2D eigenvalue weighted by Gasteiger charge is -2.34. The average Bonchev–Trinajstić information content (AvgIpc) is 2.76. The average molecular weight is 395 g/mol. The third kappa shape index (κ3) is 3.92. The molecule has 0 atom stereocenters. The van der Waals surface area contributed by atoms with E-state index < -0.39 is 5.60 Å². The minimum atomic E-state index is -0.851. The van der Waals surface area contributed by atoms with E-state index in [-0.39, 0.29) is 11.7 Å². The van der Waals surface area contributed by atoms with Gasteiger partial charge in [0.15, 0.2) is 0 Å². The number of nitrogens with zero attached hydrogens (tertiary/aromatic N) is 1. The molecule has 0 radical (unpaired) electrons. The van der Waals surface area contributed by atoms with Gasteiger partial charge in [0, 0.05) is 36.3 Å². The van der Waals surface area contributed by atoms with Crippen molar-refractivity contribution >= 4 is 22.4 Å². The minimum Gasteiger partial charge on any atom is -0.457 e. The van der Waals surface area contributed by atoms with Gasteiger partial charge in [-0.05, 0) is 56.3 Å². The second-order valence-corrected chi connectivity index (χ2v) is 6.99. The number of aromatic nitrogens is 1. The number of piperidine rings is 1. The highest BCUT2D eigenvalue weighted by Gasteiger charge is 2.39. The summed E-state index contributed by atoms with van der Waals surface area (Å²) < 4.78 is 25.0. The maximum Gasteiger partial charge on any atom is 0.256 e. The van der Waals surface area contributed by atoms with E-state index in [1.165, 1.54) is 12.1 Å². The zero-order valence-electron chi connectivity index (χ0n) is 16.1. The predicted molar refractivity (Wildman–Crippen MR) is 109 cm³/mol. The van der Waals surface area contributed by atoms with Crippen LogP contribution in [0.4, 0.5) is 10.1 Å². The molecule has 1 amide bonds. The lowest BCUT2D eigenvalue weighted by atomic mass is 9.91. The molecule has 0 aliphatic carbocycles. The Morgan fingerprint density at radius 3 is 2.76 bits per heavy atom. The molecule has 1 aliphatic heterocycles. The van der Waals surface area contributed by atoms with Gasteiger partial charge < -0.3 is 20.1 Å². The van der Waals surface area contributed by atoms with Gasteiger partial charge in [-0.3, -0.25) is 9.78 Å². The summed E-state index contributed by atoms with van der Waals surface area (Å²) in [6.45, 7) is 1.45. The van der Waals surface area contributed by atoms with Crippen molar-refractivity contribution in [2.24, 2.45) is 0 Å². The van der Waals surface area contributed by atoms with Crippen LogP contribution in [0.3, 0.4) is 0 Å². The topological polar surface area (TPSA) is 72.5 Å². The van der Waals surface area contributed by atoms with E-state index >= 15 is 0 Å². The number of fused-ring (bicyclic) bond motifs is 1. The molecule has 0 saturated carbocycles. The quantitative estimate of drug-likeness (QED) is 0.686. The van der Waals surface area contributed by atoms with Crippen LogP contribution in [0.2, 0.25) is 0 Å². The summed E-state index contributed by atoms with van der Waals surface area (Å²) in [5, 5.41) is 7.74. The molecule has 150 valence electrons. The van der Waals surface area contributed by atoms with Gasteiger partial charge in [0.05, 0.1) is 5.69 Å². The summed E-state index contributed by atoms with van der Waals surface area (Å²) >= 11 is 0. The first kappa shape index (κ1) is 19.3. The molecule has 1 saturated heterocycles. The number of carbonyl (C=O) groups is 1. The molecule has 4 rings (SSSR count). The Hall–Kier alpha value is -3.03. The Kier molecular flexibility index (Phi) is 5.42. The second kappa shape index (κ2) is 8.14. The molecule has 6 nitrogen and oxygen atoms in total. The Morgan fingerprint density at radius 1 is 1.17 bits per heavy atom. The normalized spacial score (nSPS) is 15.8. The Morgan fingerprint density at radius 2 is 2.00 bits per heavy atom. The van der Waals surface area contributed by atoms with Crippen LogP contribution in [-0.2, 0) is 9.53 Å². The SMILES string of the molecule is COC1(C(=O)Nc2ccc(Oc3cccc(F)c3)c3ccncc23)CCNCC1. The molecule has 2 N–H and O–H groups in total. The van der Waals surface area contributed by atoms with Crippen LogP contribution in [0.1, 0.15) is 12.8 Å². The van der Waals surface area contributed by atoms with Gasteiger partial charge in [0.1, 0.15) is 22.9 Å². The molecule has 7 heteroatoms. The van der Waals surface area contributed by atoms with Crippen LogP contribution in [-0.4, -0.2) is 36.7 Å². The smallest absolute Gasteiger partial charge is 0.256 e. The minimum absolute atomic E-state index is 0.176. The fourth-order valence-electron chi connectivity index (χ4n) is 3.61. The van der Waals surface area contributed by atoms with E-state index in [2.05, 4.69) is 15.6 Å². The standard InChI is InChI=1S/C22H22FN3O3/c1-28-22(8-11-24-12-9-22)21(27)26-19-5-6-20(17-7-10-25-14-18(17)19)29-16-4-2-3-15(23)13-16/h2-7,10,13-14,24H,8-9,11-12H2,1H3,(H,26,27). The van der Waals surface area contributed by atoms with Crippen LogP contribution >= 0.6 is 0 Å². The molecule has 0 unspecified atom stereocenters. The van der Waals surface area contributed by atoms with E-state index in [9.17, 15) is 9.18 Å². The number of benzene rings is 2. The summed E-state index contributed by atoms with van der Waals surface area (Å²) in [4.78, 5) is 17.2. The van der Waals surface area contributed by atoms with Crippen LogP contribution < -0.4 is 15.4 Å². The van der Waals surface area contributed by atoms with Crippen LogP contribution in [0.15, 0.2) is 54.9 Å². The number of halogens is 1. The van der Waals surface area contributed by atoms with E-state index in [1.807, 2.05) is 0 Å². The Labute approximate surface area is 168 Å². The first-order chi connectivity index (χ1) is 14.1. The van der Waals surface area contributed by atoms with Crippen molar-refractivity contribution in [1.29, 1.82) is 0 Å². The first-order valence-corrected chi connectivity index (χ1v) is 9.49. The summed E-state index contributed by atoms with van der Waals surface area (Å²) in [6.07, 6.45) is 4.53. The highest BCUT2D eigenvalue weighted by Crippen LogP contribution is 2.35. The van der Waals surface area contributed by atoms with Gasteiger partial charge in [-0.25, -0.2) is 4.39 Å². The number of ether oxygens (including phenoxy) is 2. The summed E-state index contributed by atoms with van der Waals surface area (Å²) in [5.74, 6) is 0.400. The number of rotatable bonds is 5. The molecule has 1 aliphatic rings. The van der Waals surface area contributed by atoms with Crippen LogP contribution in [0, 0.1) is 5.82 Å². The van der Waals surface area contributed by atoms with Crippen molar-refractivity contribution in [3.63, 3.8) is 0 Å². The molecule has 2 aromatic carbocycles. The molecule has 0 spiro atoms. The molecule has 1 aromatic heterocycles. The number of nitrogens with one attached hydrogen (secondary N) is 2. The number of hydrogen-bond donors (Lipinski definition) is 2. The van der Waals surface area contributed by atoms with Crippen molar-refractivity contribution in [3.8, 4) is 11.5 Å². The summed E-state index contributed by atoms with van der Waals surface area (Å²) in [5.41, 5.74) is -0.226. The largest absolute Gasteiger partial charge is 0.457 e. The van der Waals surface area contributed by atoms with Gasteiger partial charge in [0.2, 0.25) is 0 Å². The molecule has 1 fully saturated rings. The second-order valence-electron chi connectivity index (χ2n) is 6.99. The number of carbonyl (C=O) groups excluding carboxylic acids is 1. The zero-order chi connectivity index (χ0) is 20.3. The summed E-state index contributed by atoms with van der Waals surface area (Å²) in [7, 11) is 1.57. The fraction of sp³-hybridized carbons (Fsp3) is 0.273. The monoisotopic (exact) mass is 395 g/mol. The van der Waals surface area contributed by atoms with Gasteiger partial charge in [-0.15, -0.1) is 0 Å². The predicted octanol–water partition coefficient (Wildman–Crippen LogP) is 3.87. The number of pyridine rings is 1. The van der Waals surface area contributed by atoms with Crippen LogP contribution in [0.25, 0.3) is 10.8 Å². The first-order valence-electron chi connectivity index (χ1n) is 9.49. The van der Waals surface area contributed by atoms with Crippen molar-refractivity contribution in [1.82, 2.24) is 10.3 Å². The number of amides is 1. The molecular formula is C22H22FN3O3. The number of hydrogen-bond acceptors (Lipinski definition) is 5. The van der Waals surface area contributed by atoms with E-state index in [4.69, 9.17) is 9.47 Å². The maximum absolute atomic E-state index is 13.5. The Balaban J connectivity index is 1.65. The lowest BCUT2D eigenvalue weighted by molar-refractivity contribution is -0.140. The van der Waals surface area contributed by atoms with E-state index in [0.29, 0.717) is 30.0 Å². The van der Waals surface area contributed by atoms with E-state index in [0.717, 1.165) is 23.9 Å². The molecule has 29 heavy (non-hydrogen) atoms. The van der Waals surface area contributed by atoms with Crippen LogP contribution in [0.5, 0.6) is 11.5 Å². The molecule has 2 heterocycles. The number of anilines is 1. The van der Waals surface area contributed by atoms with Crippen molar-refractivity contribution in [2.45, 2.75) is 18.4 Å². The van der Waals surface area contributed by atoms with E-state index in [1.54, 1.807) is 49.8 Å². The maximum atomic E-state index is 13.5. The van der Waals surface area contributed by atoms with Gasteiger partial charge in [0.25, 0.3) is 5.91 Å². The van der Waals surface area contributed by atoms with Gasteiger partial charge in [-0.2, -0.15) is 0 Å². The Bertz CT molecular complexity index is 1030. The highest BCUT2D eigenvalue weighted by atomic mass is 19.1. The lowest BCUT2D eigenvalue weighted by Crippen LogP contribution is -2.51. The third-order valence-corrected chi connectivity index (χ3v) is 5.27. The third-order valence-electron chi connectivity index (χ3n) is 5.27. The van der Waals surface area contributed by atoms with Crippen molar-refractivity contribution in [3.05, 3.63) is 60.7 Å². The summed E-state index contributed by atoms with van der Waals surface area (Å²) in [6, 6.07) is 11.3. The van der Waals surface area contributed by atoms with Crippen molar-refractivity contribution in [2.75, 3.05) is 25.5 Å². The molecule has 0 bridgehead atoms. The number of methoxy groups -OCH3 is 1. The van der Waals surface area contributed by atoms with Gasteiger partial charge >= 0.3 is 0 Å². The molecule has 3 aromatic rings. The zero-order valence-corrected chi connectivity index (χ0v) is 16.1. The van der Waals surface area contributed by atoms with Gasteiger partial charge in [-0.1, -0.05) is 6.07 Å². The van der Waals surface area contributed by atoms with Crippen molar-refractivity contribution < 1.29 is 18.7 Å². The highest BCUT2D eigenvalue weighted by molar-refractivity contribution is 6.06.